The minimum absolute atomic E-state index is 0.161. The van der Waals surface area contributed by atoms with Gasteiger partial charge in [0.25, 0.3) is 6.47 Å². The van der Waals surface area contributed by atoms with E-state index in [0.29, 0.717) is 11.6 Å². The van der Waals surface area contributed by atoms with Gasteiger partial charge in [-0.25, -0.2) is 4.98 Å². The van der Waals surface area contributed by atoms with Crippen molar-refractivity contribution in [2.24, 2.45) is 0 Å². The van der Waals surface area contributed by atoms with Gasteiger partial charge in [0, 0.05) is 17.0 Å². The Bertz CT molecular complexity index is 1490. The number of benzene rings is 2. The first-order valence-electron chi connectivity index (χ1n) is 13.3. The number of fused-ring (bicyclic) bond motifs is 3. The number of nitrogens with zero attached hydrogens (tertiary/aromatic N) is 2. The van der Waals surface area contributed by atoms with Crippen LogP contribution in [0.2, 0.25) is 0 Å². The van der Waals surface area contributed by atoms with Crippen LogP contribution in [0.3, 0.4) is 0 Å². The Morgan fingerprint density at radius 2 is 1.80 bits per heavy atom. The molecular formula is C30H35F2N3O5P+. The maximum absolute atomic E-state index is 12.9. The van der Waals surface area contributed by atoms with Gasteiger partial charge in [0.2, 0.25) is 0 Å². The minimum Gasteiger partial charge on any atom is -0.491 e. The molecule has 8 nitrogen and oxygen atoms in total. The highest BCUT2D eigenvalue weighted by Gasteiger charge is 2.38. The van der Waals surface area contributed by atoms with Gasteiger partial charge in [-0.15, -0.1) is 0 Å². The maximum atomic E-state index is 12.9. The predicted octanol–water partition coefficient (Wildman–Crippen LogP) is 6.51. The van der Waals surface area contributed by atoms with Gasteiger partial charge in [0.05, 0.1) is 25.2 Å². The van der Waals surface area contributed by atoms with Crippen molar-refractivity contribution in [1.82, 2.24) is 9.97 Å². The number of aromatic nitrogens is 2. The van der Waals surface area contributed by atoms with E-state index >= 15 is 0 Å². The quantitative estimate of drug-likeness (QED) is 0.0786. The Morgan fingerprint density at radius 3 is 2.51 bits per heavy atom. The summed E-state index contributed by atoms with van der Waals surface area (Å²) in [5, 5.41) is 8.97. The van der Waals surface area contributed by atoms with Crippen molar-refractivity contribution in [2.75, 3.05) is 25.6 Å². The lowest BCUT2D eigenvalue weighted by Crippen LogP contribution is -2.13. The zero-order valence-corrected chi connectivity index (χ0v) is 24.2. The molecule has 1 unspecified atom stereocenters. The molecule has 41 heavy (non-hydrogen) atoms. The van der Waals surface area contributed by atoms with Crippen LogP contribution in [-0.4, -0.2) is 47.0 Å². The number of nitrogens with two attached hydrogens (primary N) is 1. The van der Waals surface area contributed by atoms with Crippen LogP contribution in [0.5, 0.6) is 5.75 Å². The number of hydrogen-bond acceptors (Lipinski definition) is 7. The normalized spacial score (nSPS) is 11.4. The lowest BCUT2D eigenvalue weighted by atomic mass is 9.99. The zero-order chi connectivity index (χ0) is 29.8. The third kappa shape index (κ3) is 9.13. The Kier molecular flexibility index (Phi) is 11.9. The standard InChI is InChI=1S/C29H32F2N3O3P.CH2O2/c1-3-4-20-6-10-24-25-16-21(18-33-27(25)28(32)34-26(24)17-20)5-7-22-8-9-23(15-19(22)2)37-14-13-36-12-11-29(30,31)38-35;2-1-3/h6,8-10,15-18H,3-5,7,11-14H2,1-2H3,(H2,32,34);1H,(H,2,3)/p+1. The monoisotopic (exact) mass is 586 g/mol. The van der Waals surface area contributed by atoms with E-state index in [0.717, 1.165) is 58.6 Å². The number of halogens is 2. The second-order valence-electron chi connectivity index (χ2n) is 9.55. The van der Waals surface area contributed by atoms with Crippen LogP contribution in [0.4, 0.5) is 14.6 Å². The average Bonchev–Trinajstić information content (AvgIpc) is 2.95. The summed E-state index contributed by atoms with van der Waals surface area (Å²) in [6.45, 7) is 4.22. The molecule has 3 N–H and O–H groups in total. The number of nitrogen functional groups attached to an aromatic ring is 1. The fourth-order valence-electron chi connectivity index (χ4n) is 4.47. The molecule has 0 aliphatic carbocycles. The van der Waals surface area contributed by atoms with Gasteiger partial charge >= 0.3 is 14.1 Å². The van der Waals surface area contributed by atoms with E-state index in [1.165, 1.54) is 11.1 Å². The van der Waals surface area contributed by atoms with Crippen LogP contribution in [0, 0.1) is 6.92 Å². The Morgan fingerprint density at radius 1 is 1.02 bits per heavy atom. The van der Waals surface area contributed by atoms with Crippen molar-refractivity contribution in [3.05, 3.63) is 70.9 Å². The number of carbonyl (C=O) groups is 1. The highest BCUT2D eigenvalue weighted by molar-refractivity contribution is 7.25. The molecule has 0 radical (unpaired) electrons. The minimum atomic E-state index is -3.19. The van der Waals surface area contributed by atoms with Gasteiger partial charge in [-0.05, 0) is 72.7 Å². The summed E-state index contributed by atoms with van der Waals surface area (Å²) >= 11 is 0. The molecule has 218 valence electrons. The van der Waals surface area contributed by atoms with Crippen LogP contribution in [0.15, 0.2) is 48.7 Å². The molecule has 0 amide bonds. The number of pyridine rings is 2. The smallest absolute Gasteiger partial charge is 0.441 e. The van der Waals surface area contributed by atoms with E-state index in [4.69, 9.17) is 25.1 Å². The molecule has 0 fully saturated rings. The highest BCUT2D eigenvalue weighted by atomic mass is 31.1. The van der Waals surface area contributed by atoms with Crippen molar-refractivity contribution in [3.8, 4) is 5.75 Å². The van der Waals surface area contributed by atoms with Crippen LogP contribution >= 0.6 is 8.46 Å². The van der Waals surface area contributed by atoms with Crippen LogP contribution < -0.4 is 10.5 Å². The molecule has 2 aromatic heterocycles. The summed E-state index contributed by atoms with van der Waals surface area (Å²) in [5.41, 5.74) is 9.38. The van der Waals surface area contributed by atoms with Gasteiger partial charge in [0.1, 0.15) is 17.9 Å². The second kappa shape index (κ2) is 15.3. The Hall–Kier alpha value is -3.75. The molecule has 0 aliphatic rings. The number of rotatable bonds is 13. The first-order chi connectivity index (χ1) is 19.7. The van der Waals surface area contributed by atoms with E-state index in [2.05, 4.69) is 41.2 Å². The molecular weight excluding hydrogens is 551 g/mol. The number of aryl methyl sites for hydroxylation is 4. The maximum Gasteiger partial charge on any atom is 0.441 e. The molecule has 2 heterocycles. The summed E-state index contributed by atoms with van der Waals surface area (Å²) in [6.07, 6.45) is 5.07. The van der Waals surface area contributed by atoms with Gasteiger partial charge in [0.15, 0.2) is 5.82 Å². The van der Waals surface area contributed by atoms with Crippen molar-refractivity contribution in [2.45, 2.75) is 51.6 Å². The van der Waals surface area contributed by atoms with Gasteiger partial charge < -0.3 is 20.3 Å². The van der Waals surface area contributed by atoms with E-state index in [-0.39, 0.29) is 26.3 Å². The highest BCUT2D eigenvalue weighted by Crippen LogP contribution is 2.30. The first kappa shape index (κ1) is 31.8. The van der Waals surface area contributed by atoms with Crippen molar-refractivity contribution in [1.29, 1.82) is 0 Å². The predicted molar refractivity (Wildman–Crippen MR) is 158 cm³/mol. The van der Waals surface area contributed by atoms with Gasteiger partial charge in [-0.2, -0.15) is 8.78 Å². The number of alkyl halides is 2. The molecule has 0 aliphatic heterocycles. The summed E-state index contributed by atoms with van der Waals surface area (Å²) in [4.78, 5) is 17.6. The van der Waals surface area contributed by atoms with E-state index in [1.54, 1.807) is 0 Å². The molecule has 0 bridgehead atoms. The van der Waals surface area contributed by atoms with Crippen molar-refractivity contribution in [3.63, 3.8) is 0 Å². The second-order valence-corrected chi connectivity index (χ2v) is 10.5. The first-order valence-corrected chi connectivity index (χ1v) is 14.2. The fourth-order valence-corrected chi connectivity index (χ4v) is 4.67. The molecule has 11 heteroatoms. The third-order valence-corrected chi connectivity index (χ3v) is 7.07. The van der Waals surface area contributed by atoms with Crippen LogP contribution in [0.25, 0.3) is 21.8 Å². The number of ether oxygens (including phenoxy) is 2. The molecule has 2 aromatic carbocycles. The lowest BCUT2D eigenvalue weighted by molar-refractivity contribution is -0.122. The third-order valence-electron chi connectivity index (χ3n) is 6.52. The molecule has 0 saturated carbocycles. The van der Waals surface area contributed by atoms with Crippen molar-refractivity contribution < 1.29 is 32.7 Å². The number of hydrogen-bond donors (Lipinski definition) is 2. The van der Waals surface area contributed by atoms with Crippen molar-refractivity contribution >= 4 is 42.6 Å². The van der Waals surface area contributed by atoms with E-state index < -0.39 is 20.5 Å². The molecule has 1 atom stereocenters. The van der Waals surface area contributed by atoms with E-state index in [9.17, 15) is 13.3 Å². The number of carboxylic acid groups (broad SMARTS) is 1. The molecule has 0 spiro atoms. The van der Waals surface area contributed by atoms with E-state index in [1.807, 2.05) is 31.3 Å². The summed E-state index contributed by atoms with van der Waals surface area (Å²) < 4.78 is 47.1. The average molecular weight is 587 g/mol. The SMILES string of the molecule is CCCc1ccc2c(c1)nc(N)c1ncc(CCc3ccc(OCCOCCC(F)(F)[PH+]=O)cc3C)cc12.O=CO. The lowest BCUT2D eigenvalue weighted by Gasteiger charge is -2.12. The summed E-state index contributed by atoms with van der Waals surface area (Å²) in [7, 11) is -1.65. The molecule has 4 rings (SSSR count). The molecule has 4 aromatic rings. The Labute approximate surface area is 239 Å². The number of anilines is 1. The van der Waals surface area contributed by atoms with Gasteiger partial charge in [-0.3, -0.25) is 9.78 Å². The topological polar surface area (TPSA) is 125 Å². The summed E-state index contributed by atoms with van der Waals surface area (Å²) in [5.74, 6) is 1.15. The zero-order valence-electron chi connectivity index (χ0n) is 23.2. The van der Waals surface area contributed by atoms with Crippen LogP contribution in [0.1, 0.15) is 42.0 Å². The Balaban J connectivity index is 0.00000147. The van der Waals surface area contributed by atoms with Crippen LogP contribution in [-0.2, 0) is 33.4 Å². The largest absolute Gasteiger partial charge is 0.491 e. The summed E-state index contributed by atoms with van der Waals surface area (Å²) in [6, 6.07) is 14.5. The molecule has 0 saturated heterocycles. The van der Waals surface area contributed by atoms with Gasteiger partial charge in [-0.1, -0.05) is 36.1 Å². The fraction of sp³-hybridized carbons (Fsp3) is 0.367.